The maximum atomic E-state index is 12.3. The molecule has 1 heterocycles. The van der Waals surface area contributed by atoms with E-state index in [1.165, 1.54) is 0 Å². The molecule has 3 heteroatoms. The summed E-state index contributed by atoms with van der Waals surface area (Å²) in [6.45, 7) is 9.63. The highest BCUT2D eigenvalue weighted by molar-refractivity contribution is 5.84. The van der Waals surface area contributed by atoms with Gasteiger partial charge in [-0.15, -0.1) is 0 Å². The van der Waals surface area contributed by atoms with Crippen LogP contribution in [0.4, 0.5) is 0 Å². The van der Waals surface area contributed by atoms with E-state index < -0.39 is 0 Å². The fourth-order valence-electron chi connectivity index (χ4n) is 2.45. The van der Waals surface area contributed by atoms with Crippen LogP contribution in [0.3, 0.4) is 0 Å². The Labute approximate surface area is 106 Å². The summed E-state index contributed by atoms with van der Waals surface area (Å²) < 4.78 is 0. The number of rotatable bonds is 7. The zero-order chi connectivity index (χ0) is 12.8. The van der Waals surface area contributed by atoms with Gasteiger partial charge >= 0.3 is 0 Å². The van der Waals surface area contributed by atoms with Crippen molar-refractivity contribution < 1.29 is 4.79 Å². The van der Waals surface area contributed by atoms with Gasteiger partial charge in [0.25, 0.3) is 0 Å². The van der Waals surface area contributed by atoms with Crippen LogP contribution >= 0.6 is 0 Å². The first-order chi connectivity index (χ1) is 8.11. The molecule has 1 rings (SSSR count). The third-order valence-electron chi connectivity index (χ3n) is 3.52. The largest absolute Gasteiger partial charge is 0.326 e. The fourth-order valence-corrected chi connectivity index (χ4v) is 2.45. The molecule has 1 aliphatic rings. The Morgan fingerprint density at radius 3 is 2.41 bits per heavy atom. The Morgan fingerprint density at radius 1 is 1.24 bits per heavy atom. The number of carbonyl (C=O) groups is 1. The summed E-state index contributed by atoms with van der Waals surface area (Å²) in [6, 6.07) is 0.0687. The van der Waals surface area contributed by atoms with E-state index in [4.69, 9.17) is 0 Å². The minimum Gasteiger partial charge on any atom is -0.326 e. The van der Waals surface area contributed by atoms with Crippen LogP contribution in [0.2, 0.25) is 0 Å². The molecule has 1 aliphatic heterocycles. The summed E-state index contributed by atoms with van der Waals surface area (Å²) in [6.07, 6.45) is 5.78. The van der Waals surface area contributed by atoms with Gasteiger partial charge in [0, 0.05) is 6.54 Å². The molecule has 17 heavy (non-hydrogen) atoms. The van der Waals surface area contributed by atoms with Crippen LogP contribution < -0.4 is 5.32 Å². The van der Waals surface area contributed by atoms with Gasteiger partial charge in [0.1, 0.15) is 0 Å². The molecular formula is C14H28N2O. The predicted molar refractivity (Wildman–Crippen MR) is 71.7 cm³/mol. The highest BCUT2D eigenvalue weighted by Crippen LogP contribution is 2.21. The third-order valence-corrected chi connectivity index (χ3v) is 3.52. The molecule has 0 aromatic rings. The highest BCUT2D eigenvalue weighted by atomic mass is 16.2. The molecule has 2 unspecified atom stereocenters. The van der Waals surface area contributed by atoms with Crippen molar-refractivity contribution in [1.29, 1.82) is 0 Å². The van der Waals surface area contributed by atoms with E-state index >= 15 is 0 Å². The Morgan fingerprint density at radius 2 is 1.88 bits per heavy atom. The summed E-state index contributed by atoms with van der Waals surface area (Å²) in [5.74, 6) is 0.813. The number of unbranched alkanes of at least 4 members (excludes halogenated alkanes) is 2. The smallest absolute Gasteiger partial charge is 0.241 e. The van der Waals surface area contributed by atoms with E-state index in [0.717, 1.165) is 38.6 Å². The fraction of sp³-hybridized carbons (Fsp3) is 0.929. The van der Waals surface area contributed by atoms with Crippen LogP contribution in [0.1, 0.15) is 59.8 Å². The summed E-state index contributed by atoms with van der Waals surface area (Å²) in [5, 5.41) is 3.51. The van der Waals surface area contributed by atoms with Gasteiger partial charge in [0.2, 0.25) is 5.91 Å². The molecule has 0 aliphatic carbocycles. The lowest BCUT2D eigenvalue weighted by molar-refractivity contribution is -0.130. The minimum atomic E-state index is 0.0687. The van der Waals surface area contributed by atoms with E-state index in [1.807, 2.05) is 0 Å². The SMILES string of the molecule is CCCCC1NC(C(C)C)N(CCCC)C1=O. The average molecular weight is 240 g/mol. The van der Waals surface area contributed by atoms with E-state index in [0.29, 0.717) is 11.8 Å². The van der Waals surface area contributed by atoms with E-state index in [-0.39, 0.29) is 12.2 Å². The quantitative estimate of drug-likeness (QED) is 0.742. The van der Waals surface area contributed by atoms with Gasteiger partial charge in [0.05, 0.1) is 12.2 Å². The van der Waals surface area contributed by atoms with Crippen LogP contribution in [0.5, 0.6) is 0 Å². The number of hydrogen-bond donors (Lipinski definition) is 1. The second kappa shape index (κ2) is 7.00. The Balaban J connectivity index is 2.61. The Hall–Kier alpha value is -0.570. The second-order valence-electron chi connectivity index (χ2n) is 5.44. The van der Waals surface area contributed by atoms with Gasteiger partial charge in [-0.25, -0.2) is 0 Å². The van der Waals surface area contributed by atoms with Crippen molar-refractivity contribution in [2.24, 2.45) is 5.92 Å². The van der Waals surface area contributed by atoms with Gasteiger partial charge in [-0.2, -0.15) is 0 Å². The number of amides is 1. The Bertz CT molecular complexity index is 240. The van der Waals surface area contributed by atoms with E-state index in [9.17, 15) is 4.79 Å². The first-order valence-corrected chi connectivity index (χ1v) is 7.18. The van der Waals surface area contributed by atoms with Crippen molar-refractivity contribution in [2.75, 3.05) is 6.54 Å². The normalized spacial score (nSPS) is 25.0. The highest BCUT2D eigenvalue weighted by Gasteiger charge is 2.38. The topological polar surface area (TPSA) is 32.3 Å². The van der Waals surface area contributed by atoms with Crippen LogP contribution in [0.25, 0.3) is 0 Å². The van der Waals surface area contributed by atoms with Crippen molar-refractivity contribution in [2.45, 2.75) is 72.0 Å². The first kappa shape index (κ1) is 14.5. The lowest BCUT2D eigenvalue weighted by Gasteiger charge is -2.27. The van der Waals surface area contributed by atoms with Crippen molar-refractivity contribution in [3.05, 3.63) is 0 Å². The molecule has 100 valence electrons. The molecule has 3 nitrogen and oxygen atoms in total. The van der Waals surface area contributed by atoms with Crippen LogP contribution in [-0.2, 0) is 4.79 Å². The van der Waals surface area contributed by atoms with Crippen molar-refractivity contribution >= 4 is 5.91 Å². The maximum absolute atomic E-state index is 12.3. The molecule has 1 N–H and O–H groups in total. The maximum Gasteiger partial charge on any atom is 0.241 e. The van der Waals surface area contributed by atoms with Crippen LogP contribution in [0, 0.1) is 5.92 Å². The zero-order valence-electron chi connectivity index (χ0n) is 11.8. The lowest BCUT2D eigenvalue weighted by atomic mass is 10.1. The molecule has 0 aromatic heterocycles. The summed E-state index contributed by atoms with van der Waals surface area (Å²) in [4.78, 5) is 14.4. The van der Waals surface area contributed by atoms with Crippen LogP contribution in [0.15, 0.2) is 0 Å². The van der Waals surface area contributed by atoms with Crippen LogP contribution in [-0.4, -0.2) is 29.6 Å². The minimum absolute atomic E-state index is 0.0687. The molecular weight excluding hydrogens is 212 g/mol. The molecule has 1 amide bonds. The molecule has 1 fully saturated rings. The number of nitrogens with zero attached hydrogens (tertiary/aromatic N) is 1. The van der Waals surface area contributed by atoms with E-state index in [1.54, 1.807) is 0 Å². The monoisotopic (exact) mass is 240 g/mol. The number of carbonyl (C=O) groups excluding carboxylic acids is 1. The third kappa shape index (κ3) is 3.70. The summed E-state index contributed by atoms with van der Waals surface area (Å²) in [7, 11) is 0. The molecule has 1 saturated heterocycles. The molecule has 0 bridgehead atoms. The lowest BCUT2D eigenvalue weighted by Crippen LogP contribution is -2.41. The van der Waals surface area contributed by atoms with Crippen molar-refractivity contribution in [1.82, 2.24) is 10.2 Å². The zero-order valence-corrected chi connectivity index (χ0v) is 11.8. The van der Waals surface area contributed by atoms with E-state index in [2.05, 4.69) is 37.9 Å². The molecule has 0 radical (unpaired) electrons. The predicted octanol–water partition coefficient (Wildman–Crippen LogP) is 2.76. The van der Waals surface area contributed by atoms with Gasteiger partial charge in [-0.05, 0) is 18.8 Å². The van der Waals surface area contributed by atoms with Gasteiger partial charge in [-0.1, -0.05) is 47.0 Å². The molecule has 0 spiro atoms. The second-order valence-corrected chi connectivity index (χ2v) is 5.44. The van der Waals surface area contributed by atoms with Gasteiger partial charge in [-0.3, -0.25) is 10.1 Å². The van der Waals surface area contributed by atoms with Crippen molar-refractivity contribution in [3.8, 4) is 0 Å². The molecule has 0 aromatic carbocycles. The van der Waals surface area contributed by atoms with Crippen molar-refractivity contribution in [3.63, 3.8) is 0 Å². The number of nitrogens with one attached hydrogen (secondary N) is 1. The van der Waals surface area contributed by atoms with Gasteiger partial charge in [0.15, 0.2) is 0 Å². The molecule has 0 saturated carbocycles. The van der Waals surface area contributed by atoms with Gasteiger partial charge < -0.3 is 4.90 Å². The number of hydrogen-bond acceptors (Lipinski definition) is 2. The average Bonchev–Trinajstić information content (AvgIpc) is 2.61. The Kier molecular flexibility index (Phi) is 5.96. The summed E-state index contributed by atoms with van der Waals surface area (Å²) in [5.41, 5.74) is 0. The summed E-state index contributed by atoms with van der Waals surface area (Å²) >= 11 is 0. The standard InChI is InChI=1S/C14H28N2O/c1-5-7-9-12-14(17)16(10-8-6-2)13(15-12)11(3)4/h11-13,15H,5-10H2,1-4H3. The first-order valence-electron chi connectivity index (χ1n) is 7.18. The molecule has 2 atom stereocenters.